The number of nitrogens with zero attached hydrogens (tertiary/aromatic N) is 3. The van der Waals surface area contributed by atoms with Gasteiger partial charge in [-0.05, 0) is 83.2 Å². The molecule has 0 radical (unpaired) electrons. The highest BCUT2D eigenvalue weighted by Crippen LogP contribution is 2.40. The van der Waals surface area contributed by atoms with E-state index in [0.29, 0.717) is 5.56 Å². The van der Waals surface area contributed by atoms with Gasteiger partial charge in [0.15, 0.2) is 0 Å². The van der Waals surface area contributed by atoms with Gasteiger partial charge in [-0.3, -0.25) is 0 Å². The maximum absolute atomic E-state index is 9.13. The average Bonchev–Trinajstić information content (AvgIpc) is 3.02. The molecule has 0 aromatic heterocycles. The van der Waals surface area contributed by atoms with Gasteiger partial charge >= 0.3 is 0 Å². The summed E-state index contributed by atoms with van der Waals surface area (Å²) in [7, 11) is 2.04. The second-order valence-electron chi connectivity index (χ2n) is 9.48. The lowest BCUT2D eigenvalue weighted by molar-refractivity contribution is 1.20. The third-order valence-corrected chi connectivity index (χ3v) is 7.12. The Morgan fingerprint density at radius 3 is 1.67 bits per heavy atom. The molecule has 0 heterocycles. The summed E-state index contributed by atoms with van der Waals surface area (Å²) in [5.41, 5.74) is 8.47. The maximum Gasteiger partial charge on any atom is 0.0991 e. The van der Waals surface area contributed by atoms with Crippen LogP contribution >= 0.6 is 0 Å². The van der Waals surface area contributed by atoms with Crippen molar-refractivity contribution in [1.29, 1.82) is 5.26 Å². The molecule has 0 aliphatic heterocycles. The Morgan fingerprint density at radius 2 is 1.00 bits per heavy atom. The average molecular weight is 502 g/mol. The molecule has 0 spiro atoms. The zero-order chi connectivity index (χ0) is 26.6. The summed E-state index contributed by atoms with van der Waals surface area (Å²) in [4.78, 5) is 4.45. The van der Waals surface area contributed by atoms with Crippen LogP contribution in [0.15, 0.2) is 146 Å². The second-order valence-corrected chi connectivity index (χ2v) is 9.48. The van der Waals surface area contributed by atoms with Crippen molar-refractivity contribution < 1.29 is 0 Å². The Balaban J connectivity index is 1.41. The molecule has 0 fully saturated rings. The van der Waals surface area contributed by atoms with Crippen molar-refractivity contribution in [2.45, 2.75) is 0 Å². The van der Waals surface area contributed by atoms with E-state index in [1.54, 1.807) is 0 Å². The fraction of sp³-hybridized carbons (Fsp3) is 0.0278. The fourth-order valence-electron chi connectivity index (χ4n) is 5.00. The molecule has 0 aliphatic rings. The minimum Gasteiger partial charge on any atom is -0.345 e. The minimum absolute atomic E-state index is 0.659. The maximum atomic E-state index is 9.13. The monoisotopic (exact) mass is 501 g/mol. The topological polar surface area (TPSA) is 30.3 Å². The van der Waals surface area contributed by atoms with Crippen LogP contribution in [0.25, 0.3) is 21.9 Å². The van der Waals surface area contributed by atoms with Crippen molar-refractivity contribution in [3.63, 3.8) is 0 Å². The van der Waals surface area contributed by atoms with E-state index < -0.39 is 0 Å². The summed E-state index contributed by atoms with van der Waals surface area (Å²) in [6, 6.07) is 52.7. The van der Waals surface area contributed by atoms with Gasteiger partial charge < -0.3 is 9.80 Å². The highest BCUT2D eigenvalue weighted by Gasteiger charge is 2.16. The number of hydrogen-bond acceptors (Lipinski definition) is 3. The van der Waals surface area contributed by atoms with Crippen LogP contribution < -0.4 is 9.80 Å². The molecule has 0 amide bonds. The van der Waals surface area contributed by atoms with Gasteiger partial charge in [-0.1, -0.05) is 78.9 Å². The number of hydrogen-bond donors (Lipinski definition) is 0. The lowest BCUT2D eigenvalue weighted by atomic mass is 10.0. The van der Waals surface area contributed by atoms with Gasteiger partial charge in [-0.25, -0.2) is 0 Å². The molecule has 0 atom stereocenters. The molecule has 0 unspecified atom stereocenters. The van der Waals surface area contributed by atoms with Crippen LogP contribution in [0, 0.1) is 11.3 Å². The van der Waals surface area contributed by atoms with Crippen molar-refractivity contribution in [2.75, 3.05) is 16.8 Å². The molecule has 0 N–H and O–H groups in total. The summed E-state index contributed by atoms with van der Waals surface area (Å²) in [6.45, 7) is 0. The first-order chi connectivity index (χ1) is 19.2. The lowest BCUT2D eigenvalue weighted by Crippen LogP contribution is -2.12. The molecule has 39 heavy (non-hydrogen) atoms. The van der Waals surface area contributed by atoms with Crippen LogP contribution in [-0.2, 0) is 0 Å². The Hall–Kier alpha value is -5.33. The van der Waals surface area contributed by atoms with E-state index in [1.165, 1.54) is 21.9 Å². The Morgan fingerprint density at radius 1 is 0.487 bits per heavy atom. The van der Waals surface area contributed by atoms with Gasteiger partial charge in [-0.15, -0.1) is 0 Å². The molecule has 3 nitrogen and oxygen atoms in total. The number of benzene rings is 6. The van der Waals surface area contributed by atoms with Crippen LogP contribution in [0.4, 0.5) is 28.4 Å². The highest BCUT2D eigenvalue weighted by molar-refractivity contribution is 5.99. The molecular weight excluding hydrogens is 474 g/mol. The predicted octanol–water partition coefficient (Wildman–Crippen LogP) is 9.62. The zero-order valence-electron chi connectivity index (χ0n) is 21.7. The minimum atomic E-state index is 0.659. The second kappa shape index (κ2) is 10.6. The number of rotatable bonds is 6. The number of anilines is 5. The van der Waals surface area contributed by atoms with Crippen molar-refractivity contribution in [3.8, 4) is 17.2 Å². The number of nitriles is 1. The smallest absolute Gasteiger partial charge is 0.0991 e. The van der Waals surface area contributed by atoms with Crippen LogP contribution in [0.1, 0.15) is 5.56 Å². The summed E-state index contributed by atoms with van der Waals surface area (Å²) >= 11 is 0. The normalized spacial score (nSPS) is 10.7. The van der Waals surface area contributed by atoms with Gasteiger partial charge in [0.05, 0.1) is 17.3 Å². The first-order valence-corrected chi connectivity index (χ1v) is 13.0. The molecule has 6 rings (SSSR count). The van der Waals surface area contributed by atoms with Gasteiger partial charge in [0.2, 0.25) is 0 Å². The quantitative estimate of drug-likeness (QED) is 0.228. The number of fused-ring (bicyclic) bond motifs is 1. The molecule has 3 heteroatoms. The van der Waals surface area contributed by atoms with Crippen LogP contribution in [0.3, 0.4) is 0 Å². The Labute approximate surface area is 229 Å². The molecular formula is C36H27N3. The van der Waals surface area contributed by atoms with E-state index in [0.717, 1.165) is 28.4 Å². The SMILES string of the molecule is CN(c1ccc(C#N)cc1)c1ccc(N(c2ccc(-c3ccccc3)cc2)c2cccc3ccccc23)cc1. The van der Waals surface area contributed by atoms with Gasteiger partial charge in [0.25, 0.3) is 0 Å². The molecule has 6 aromatic rings. The van der Waals surface area contributed by atoms with Crippen molar-refractivity contribution in [3.05, 3.63) is 151 Å². The first kappa shape index (κ1) is 24.0. The van der Waals surface area contributed by atoms with E-state index in [4.69, 9.17) is 5.26 Å². The van der Waals surface area contributed by atoms with E-state index in [2.05, 4.69) is 131 Å². The van der Waals surface area contributed by atoms with Crippen molar-refractivity contribution in [1.82, 2.24) is 0 Å². The molecule has 0 saturated carbocycles. The lowest BCUT2D eigenvalue weighted by Gasteiger charge is -2.28. The molecule has 0 aliphatic carbocycles. The Kier molecular flexibility index (Phi) is 6.52. The van der Waals surface area contributed by atoms with E-state index >= 15 is 0 Å². The summed E-state index contributed by atoms with van der Waals surface area (Å²) in [6.07, 6.45) is 0. The van der Waals surface area contributed by atoms with Gasteiger partial charge in [-0.2, -0.15) is 5.26 Å². The molecule has 186 valence electrons. The van der Waals surface area contributed by atoms with E-state index in [9.17, 15) is 0 Å². The third-order valence-electron chi connectivity index (χ3n) is 7.12. The summed E-state index contributed by atoms with van der Waals surface area (Å²) < 4.78 is 0. The Bertz CT molecular complexity index is 1740. The van der Waals surface area contributed by atoms with Crippen molar-refractivity contribution in [2.24, 2.45) is 0 Å². The van der Waals surface area contributed by atoms with E-state index in [-0.39, 0.29) is 0 Å². The standard InChI is InChI=1S/C36H27N3/c1-38(31-18-14-27(26-37)15-19-31)32-22-24-34(25-23-32)39(36-13-7-11-30-10-5-6-12-35(30)36)33-20-16-29(17-21-33)28-8-3-2-4-9-28/h2-25H,1H3. The van der Waals surface area contributed by atoms with Crippen LogP contribution in [0.2, 0.25) is 0 Å². The van der Waals surface area contributed by atoms with E-state index in [1.807, 2.05) is 37.4 Å². The predicted molar refractivity (Wildman–Crippen MR) is 163 cm³/mol. The van der Waals surface area contributed by atoms with Crippen LogP contribution in [0.5, 0.6) is 0 Å². The van der Waals surface area contributed by atoms with Crippen LogP contribution in [-0.4, -0.2) is 7.05 Å². The summed E-state index contributed by atoms with van der Waals surface area (Å²) in [5, 5.41) is 11.5. The zero-order valence-corrected chi connectivity index (χ0v) is 21.7. The highest BCUT2D eigenvalue weighted by atomic mass is 15.1. The van der Waals surface area contributed by atoms with Gasteiger partial charge in [0, 0.05) is 35.2 Å². The first-order valence-electron chi connectivity index (χ1n) is 13.0. The fourth-order valence-corrected chi connectivity index (χ4v) is 5.00. The van der Waals surface area contributed by atoms with Gasteiger partial charge in [0.1, 0.15) is 0 Å². The molecule has 6 aromatic carbocycles. The summed E-state index contributed by atoms with van der Waals surface area (Å²) in [5.74, 6) is 0. The largest absolute Gasteiger partial charge is 0.345 e. The third kappa shape index (κ3) is 4.84. The molecule has 0 saturated heterocycles. The van der Waals surface area contributed by atoms with Crippen molar-refractivity contribution >= 4 is 39.2 Å². The molecule has 0 bridgehead atoms.